The zero-order valence-electron chi connectivity index (χ0n) is 12.0. The molecule has 3 heteroatoms. The van der Waals surface area contributed by atoms with Crippen LogP contribution in [0.3, 0.4) is 0 Å². The summed E-state index contributed by atoms with van der Waals surface area (Å²) in [6, 6.07) is 10.5. The number of aromatic nitrogens is 2. The van der Waals surface area contributed by atoms with Crippen molar-refractivity contribution >= 4 is 0 Å². The van der Waals surface area contributed by atoms with Gasteiger partial charge in [-0.15, -0.1) is 0 Å². The molecule has 0 spiro atoms. The molecule has 3 rings (SSSR count). The van der Waals surface area contributed by atoms with Crippen LogP contribution in [0.2, 0.25) is 0 Å². The summed E-state index contributed by atoms with van der Waals surface area (Å²) in [4.78, 5) is 9.45. The van der Waals surface area contributed by atoms with Gasteiger partial charge in [0, 0.05) is 17.8 Å². The molecule has 1 unspecified atom stereocenters. The maximum absolute atomic E-state index is 4.85. The first-order valence-corrected chi connectivity index (χ1v) is 7.45. The molecule has 1 N–H and O–H groups in total. The van der Waals surface area contributed by atoms with E-state index in [0.29, 0.717) is 0 Å². The summed E-state index contributed by atoms with van der Waals surface area (Å²) in [6.45, 7) is 4.30. The normalized spacial score (nSPS) is 16.9. The molecule has 104 valence electrons. The van der Waals surface area contributed by atoms with Crippen molar-refractivity contribution in [2.45, 2.75) is 32.1 Å². The van der Waals surface area contributed by atoms with E-state index >= 15 is 0 Å². The van der Waals surface area contributed by atoms with Crippen molar-refractivity contribution < 1.29 is 0 Å². The second-order valence-corrected chi connectivity index (χ2v) is 5.44. The van der Waals surface area contributed by atoms with Crippen LogP contribution in [0.4, 0.5) is 0 Å². The van der Waals surface area contributed by atoms with E-state index in [1.54, 1.807) is 0 Å². The summed E-state index contributed by atoms with van der Waals surface area (Å²) < 4.78 is 0. The molecule has 1 atom stereocenters. The summed E-state index contributed by atoms with van der Waals surface area (Å²) in [5.41, 5.74) is 3.83. The maximum atomic E-state index is 4.85. The van der Waals surface area contributed by atoms with Crippen LogP contribution in [0, 0.1) is 0 Å². The lowest BCUT2D eigenvalue weighted by molar-refractivity contribution is 0.610. The zero-order chi connectivity index (χ0) is 13.8. The van der Waals surface area contributed by atoms with E-state index in [0.717, 1.165) is 38.2 Å². The third kappa shape index (κ3) is 2.88. The van der Waals surface area contributed by atoms with E-state index in [4.69, 9.17) is 4.98 Å². The lowest BCUT2D eigenvalue weighted by atomic mass is 9.99. The molecule has 0 radical (unpaired) electrons. The number of aryl methyl sites for hydroxylation is 1. The first-order chi connectivity index (χ1) is 9.84. The topological polar surface area (TPSA) is 37.8 Å². The molecule has 2 aromatic rings. The van der Waals surface area contributed by atoms with E-state index in [9.17, 15) is 0 Å². The van der Waals surface area contributed by atoms with E-state index in [1.165, 1.54) is 16.8 Å². The van der Waals surface area contributed by atoms with E-state index in [1.807, 2.05) is 12.3 Å². The molecule has 0 saturated carbocycles. The predicted octanol–water partition coefficient (Wildman–Crippen LogP) is 2.71. The van der Waals surface area contributed by atoms with Gasteiger partial charge >= 0.3 is 0 Å². The zero-order valence-corrected chi connectivity index (χ0v) is 12.0. The minimum Gasteiger partial charge on any atom is -0.316 e. The van der Waals surface area contributed by atoms with Crippen LogP contribution >= 0.6 is 0 Å². The monoisotopic (exact) mass is 267 g/mol. The van der Waals surface area contributed by atoms with Gasteiger partial charge in [-0.25, -0.2) is 9.97 Å². The van der Waals surface area contributed by atoms with Gasteiger partial charge in [-0.1, -0.05) is 37.3 Å². The van der Waals surface area contributed by atoms with Gasteiger partial charge in [-0.05, 0) is 43.5 Å². The fourth-order valence-electron chi connectivity index (χ4n) is 2.71. The van der Waals surface area contributed by atoms with Crippen molar-refractivity contribution in [1.82, 2.24) is 15.3 Å². The Kier molecular flexibility index (Phi) is 4.07. The van der Waals surface area contributed by atoms with Crippen molar-refractivity contribution in [3.8, 4) is 0 Å². The van der Waals surface area contributed by atoms with Gasteiger partial charge in [0.25, 0.3) is 0 Å². The average Bonchev–Trinajstić information content (AvgIpc) is 2.48. The minimum absolute atomic E-state index is 0.255. The Balaban J connectivity index is 1.89. The molecular formula is C17H21N3. The van der Waals surface area contributed by atoms with Crippen LogP contribution in [0.15, 0.2) is 36.5 Å². The Morgan fingerprint density at radius 2 is 1.95 bits per heavy atom. The van der Waals surface area contributed by atoms with E-state index in [-0.39, 0.29) is 5.92 Å². The molecule has 20 heavy (non-hydrogen) atoms. The standard InChI is InChI=1S/C17H21N3/c1-13(14-6-3-2-4-7-14)17-19-12-15-9-11-18-10-5-8-16(15)20-17/h2-4,6-7,12-13,18H,5,8-11H2,1H3. The van der Waals surface area contributed by atoms with Crippen molar-refractivity contribution in [1.29, 1.82) is 0 Å². The molecule has 0 fully saturated rings. The van der Waals surface area contributed by atoms with Crippen molar-refractivity contribution in [3.63, 3.8) is 0 Å². The number of rotatable bonds is 2. The third-order valence-electron chi connectivity index (χ3n) is 4.00. The molecule has 1 aromatic carbocycles. The van der Waals surface area contributed by atoms with Gasteiger partial charge < -0.3 is 5.32 Å². The van der Waals surface area contributed by atoms with Crippen molar-refractivity contribution in [3.05, 3.63) is 59.2 Å². The Hall–Kier alpha value is -1.74. The molecule has 0 aliphatic carbocycles. The van der Waals surface area contributed by atoms with Gasteiger partial charge in [0.1, 0.15) is 5.82 Å². The average molecular weight is 267 g/mol. The number of nitrogens with one attached hydrogen (secondary N) is 1. The van der Waals surface area contributed by atoms with Crippen LogP contribution in [-0.2, 0) is 12.8 Å². The molecule has 0 saturated heterocycles. The van der Waals surface area contributed by atoms with Crippen LogP contribution in [-0.4, -0.2) is 23.1 Å². The third-order valence-corrected chi connectivity index (χ3v) is 4.00. The highest BCUT2D eigenvalue weighted by atomic mass is 14.9. The Labute approximate surface area is 120 Å². The SMILES string of the molecule is CC(c1ccccc1)c1ncc2c(n1)CCCNCC2. The lowest BCUT2D eigenvalue weighted by Crippen LogP contribution is -2.23. The second-order valence-electron chi connectivity index (χ2n) is 5.44. The van der Waals surface area contributed by atoms with Gasteiger partial charge in [0.15, 0.2) is 0 Å². The maximum Gasteiger partial charge on any atom is 0.135 e. The molecule has 0 amide bonds. The molecule has 1 aliphatic heterocycles. The number of hydrogen-bond donors (Lipinski definition) is 1. The second kappa shape index (κ2) is 6.14. The number of hydrogen-bond acceptors (Lipinski definition) is 3. The van der Waals surface area contributed by atoms with Gasteiger partial charge in [-0.3, -0.25) is 0 Å². The molecular weight excluding hydrogens is 246 g/mol. The van der Waals surface area contributed by atoms with Crippen LogP contribution in [0.25, 0.3) is 0 Å². The largest absolute Gasteiger partial charge is 0.316 e. The molecule has 1 aliphatic rings. The smallest absolute Gasteiger partial charge is 0.135 e. The number of nitrogens with zero attached hydrogens (tertiary/aromatic N) is 2. The summed E-state index contributed by atoms with van der Waals surface area (Å²) in [7, 11) is 0. The Morgan fingerprint density at radius 3 is 2.80 bits per heavy atom. The first kappa shape index (κ1) is 13.3. The highest BCUT2D eigenvalue weighted by molar-refractivity contribution is 5.27. The summed E-state index contributed by atoms with van der Waals surface area (Å²) in [5, 5.41) is 3.44. The predicted molar refractivity (Wildman–Crippen MR) is 80.9 cm³/mol. The van der Waals surface area contributed by atoms with Gasteiger partial charge in [0.05, 0.1) is 0 Å². The fourth-order valence-corrected chi connectivity index (χ4v) is 2.71. The summed E-state index contributed by atoms with van der Waals surface area (Å²) in [6.07, 6.45) is 5.28. The quantitative estimate of drug-likeness (QED) is 0.909. The van der Waals surface area contributed by atoms with Crippen LogP contribution in [0.5, 0.6) is 0 Å². The fraction of sp³-hybridized carbons (Fsp3) is 0.412. The Morgan fingerprint density at radius 1 is 1.10 bits per heavy atom. The van der Waals surface area contributed by atoms with Gasteiger partial charge in [0.2, 0.25) is 0 Å². The van der Waals surface area contributed by atoms with Crippen molar-refractivity contribution in [2.24, 2.45) is 0 Å². The molecule has 3 nitrogen and oxygen atoms in total. The minimum atomic E-state index is 0.255. The highest BCUT2D eigenvalue weighted by Gasteiger charge is 2.15. The van der Waals surface area contributed by atoms with E-state index < -0.39 is 0 Å². The first-order valence-electron chi connectivity index (χ1n) is 7.45. The number of fused-ring (bicyclic) bond motifs is 1. The lowest BCUT2D eigenvalue weighted by Gasteiger charge is -2.16. The van der Waals surface area contributed by atoms with Crippen LogP contribution in [0.1, 0.15) is 41.9 Å². The van der Waals surface area contributed by atoms with Crippen LogP contribution < -0.4 is 5.32 Å². The summed E-state index contributed by atoms with van der Waals surface area (Å²) in [5.74, 6) is 1.20. The Bertz CT molecular complexity index is 566. The van der Waals surface area contributed by atoms with E-state index in [2.05, 4.69) is 41.5 Å². The number of benzene rings is 1. The van der Waals surface area contributed by atoms with Crippen molar-refractivity contribution in [2.75, 3.05) is 13.1 Å². The summed E-state index contributed by atoms with van der Waals surface area (Å²) >= 11 is 0. The highest BCUT2D eigenvalue weighted by Crippen LogP contribution is 2.22. The molecule has 0 bridgehead atoms. The molecule has 1 aromatic heterocycles. The molecule has 2 heterocycles. The van der Waals surface area contributed by atoms with Gasteiger partial charge in [-0.2, -0.15) is 0 Å².